The zero-order chi connectivity index (χ0) is 27.7. The van der Waals surface area contributed by atoms with Gasteiger partial charge in [-0.15, -0.1) is 0 Å². The van der Waals surface area contributed by atoms with Gasteiger partial charge < -0.3 is 42.0 Å². The van der Waals surface area contributed by atoms with Crippen molar-refractivity contribution in [1.82, 2.24) is 20.9 Å². The molecule has 0 radical (unpaired) electrons. The van der Waals surface area contributed by atoms with Crippen LogP contribution in [0.15, 0.2) is 30.5 Å². The van der Waals surface area contributed by atoms with E-state index in [1.165, 1.54) is 6.92 Å². The minimum absolute atomic E-state index is 0.114. The number of hydrogen-bond acceptors (Lipinski definition) is 7. The number of benzene rings is 1. The normalized spacial score (nSPS) is 14.1. The summed E-state index contributed by atoms with van der Waals surface area (Å²) in [6, 6.07) is 1.50. The molecule has 4 atom stereocenters. The number of fused-ring (bicyclic) bond motifs is 1. The fourth-order valence-electron chi connectivity index (χ4n) is 3.49. The van der Waals surface area contributed by atoms with Crippen LogP contribution in [-0.4, -0.2) is 80.1 Å². The monoisotopic (exact) mass is 519 g/mol. The zero-order valence-electron chi connectivity index (χ0n) is 19.9. The van der Waals surface area contributed by atoms with Gasteiger partial charge in [0, 0.05) is 29.9 Å². The molecule has 0 aliphatic rings. The van der Waals surface area contributed by atoms with Gasteiger partial charge in [-0.2, -0.15) is 0 Å². The van der Waals surface area contributed by atoms with Crippen LogP contribution in [0.5, 0.6) is 0 Å². The number of amides is 3. The number of aliphatic carboxylic acids is 3. The topological polar surface area (TPSA) is 241 Å². The smallest absolute Gasteiger partial charge is 0.326 e. The second-order valence-corrected chi connectivity index (χ2v) is 8.40. The van der Waals surface area contributed by atoms with Crippen molar-refractivity contribution in [2.45, 2.75) is 56.8 Å². The maximum Gasteiger partial charge on any atom is 0.326 e. The van der Waals surface area contributed by atoms with E-state index in [0.29, 0.717) is 5.56 Å². The van der Waals surface area contributed by atoms with Gasteiger partial charge in [0.2, 0.25) is 17.7 Å². The van der Waals surface area contributed by atoms with Gasteiger partial charge in [-0.1, -0.05) is 18.2 Å². The first-order valence-electron chi connectivity index (χ1n) is 11.3. The van der Waals surface area contributed by atoms with Gasteiger partial charge in [0.25, 0.3) is 0 Å². The lowest BCUT2D eigenvalue weighted by molar-refractivity contribution is -0.143. The van der Waals surface area contributed by atoms with Crippen LogP contribution >= 0.6 is 0 Å². The van der Waals surface area contributed by atoms with Gasteiger partial charge >= 0.3 is 17.9 Å². The summed E-state index contributed by atoms with van der Waals surface area (Å²) in [5, 5.41) is 35.3. The summed E-state index contributed by atoms with van der Waals surface area (Å²) >= 11 is 0. The highest BCUT2D eigenvalue weighted by Gasteiger charge is 2.31. The summed E-state index contributed by atoms with van der Waals surface area (Å²) in [6.07, 6.45) is -0.331. The van der Waals surface area contributed by atoms with E-state index in [4.69, 9.17) is 15.9 Å². The van der Waals surface area contributed by atoms with E-state index >= 15 is 0 Å². The van der Waals surface area contributed by atoms with Crippen LogP contribution in [0.1, 0.15) is 31.7 Å². The molecule has 1 aromatic carbocycles. The van der Waals surface area contributed by atoms with Gasteiger partial charge in [0.1, 0.15) is 18.1 Å². The number of carboxylic acid groups (broad SMARTS) is 3. The zero-order valence-corrected chi connectivity index (χ0v) is 19.9. The van der Waals surface area contributed by atoms with Crippen molar-refractivity contribution in [2.75, 3.05) is 0 Å². The predicted molar refractivity (Wildman–Crippen MR) is 128 cm³/mol. The lowest BCUT2D eigenvalue weighted by Crippen LogP contribution is -2.57. The molecule has 200 valence electrons. The van der Waals surface area contributed by atoms with Crippen molar-refractivity contribution in [3.8, 4) is 0 Å². The van der Waals surface area contributed by atoms with Crippen LogP contribution in [0.25, 0.3) is 10.9 Å². The Hall–Kier alpha value is -4.46. The third-order valence-electron chi connectivity index (χ3n) is 5.42. The largest absolute Gasteiger partial charge is 0.481 e. The number of aromatic amines is 1. The molecular formula is C23H29N5O9. The molecule has 0 spiro atoms. The number of carboxylic acids is 3. The molecule has 37 heavy (non-hydrogen) atoms. The first-order chi connectivity index (χ1) is 17.4. The van der Waals surface area contributed by atoms with E-state index in [1.54, 1.807) is 30.5 Å². The van der Waals surface area contributed by atoms with Gasteiger partial charge in [-0.3, -0.25) is 24.0 Å². The third-order valence-corrected chi connectivity index (χ3v) is 5.42. The Kier molecular flexibility index (Phi) is 10.1. The summed E-state index contributed by atoms with van der Waals surface area (Å²) in [4.78, 5) is 74.8. The Labute approximate surface area is 210 Å². The second-order valence-electron chi connectivity index (χ2n) is 8.40. The van der Waals surface area contributed by atoms with Crippen LogP contribution < -0.4 is 21.7 Å². The van der Waals surface area contributed by atoms with Crippen molar-refractivity contribution < 1.29 is 44.1 Å². The van der Waals surface area contributed by atoms with Crippen LogP contribution in [0, 0.1) is 0 Å². The average molecular weight is 520 g/mol. The van der Waals surface area contributed by atoms with Gasteiger partial charge in [-0.25, -0.2) is 4.79 Å². The number of carbonyl (C=O) groups is 6. The van der Waals surface area contributed by atoms with E-state index in [9.17, 15) is 33.9 Å². The molecule has 1 heterocycles. The highest BCUT2D eigenvalue weighted by atomic mass is 16.4. The molecule has 0 saturated heterocycles. The molecule has 3 amide bonds. The minimum Gasteiger partial charge on any atom is -0.481 e. The fourth-order valence-corrected chi connectivity index (χ4v) is 3.49. The first-order valence-corrected chi connectivity index (χ1v) is 11.3. The second kappa shape index (κ2) is 13.0. The lowest BCUT2D eigenvalue weighted by atomic mass is 10.0. The van der Waals surface area contributed by atoms with E-state index in [-0.39, 0.29) is 6.42 Å². The highest BCUT2D eigenvalue weighted by Crippen LogP contribution is 2.19. The molecular weight excluding hydrogens is 490 g/mol. The van der Waals surface area contributed by atoms with Crippen molar-refractivity contribution in [1.29, 1.82) is 0 Å². The molecule has 14 nitrogen and oxygen atoms in total. The summed E-state index contributed by atoms with van der Waals surface area (Å²) in [6.45, 7) is 1.31. The van der Waals surface area contributed by atoms with Crippen LogP contribution in [-0.2, 0) is 35.2 Å². The van der Waals surface area contributed by atoms with Crippen molar-refractivity contribution in [3.63, 3.8) is 0 Å². The summed E-state index contributed by atoms with van der Waals surface area (Å²) in [7, 11) is 0. The Balaban J connectivity index is 2.21. The molecule has 0 aliphatic carbocycles. The van der Waals surface area contributed by atoms with Gasteiger partial charge in [-0.05, 0) is 25.0 Å². The number of carbonyl (C=O) groups excluding carboxylic acids is 3. The molecule has 9 N–H and O–H groups in total. The van der Waals surface area contributed by atoms with Crippen molar-refractivity contribution in [3.05, 3.63) is 36.0 Å². The maximum absolute atomic E-state index is 13.0. The van der Waals surface area contributed by atoms with Crippen LogP contribution in [0.4, 0.5) is 0 Å². The Morgan fingerprint density at radius 2 is 1.46 bits per heavy atom. The van der Waals surface area contributed by atoms with Gasteiger partial charge in [0.15, 0.2) is 0 Å². The third kappa shape index (κ3) is 8.61. The number of hydrogen-bond donors (Lipinski definition) is 8. The average Bonchev–Trinajstić information content (AvgIpc) is 3.22. The van der Waals surface area contributed by atoms with Crippen LogP contribution in [0.2, 0.25) is 0 Å². The molecule has 0 saturated carbocycles. The Bertz CT molecular complexity index is 1180. The molecule has 2 rings (SSSR count). The van der Waals surface area contributed by atoms with Gasteiger partial charge in [0.05, 0.1) is 12.5 Å². The van der Waals surface area contributed by atoms with E-state index in [2.05, 4.69) is 20.9 Å². The number of H-pyrrole nitrogens is 1. The Morgan fingerprint density at radius 1 is 0.865 bits per heavy atom. The van der Waals surface area contributed by atoms with Crippen molar-refractivity contribution in [2.24, 2.45) is 5.73 Å². The quantitative estimate of drug-likeness (QED) is 0.150. The van der Waals surface area contributed by atoms with E-state index < -0.39 is 79.1 Å². The van der Waals surface area contributed by atoms with E-state index in [1.807, 2.05) is 0 Å². The number of nitrogens with one attached hydrogen (secondary N) is 4. The number of aromatic nitrogens is 1. The molecule has 0 aliphatic heterocycles. The molecule has 0 fully saturated rings. The molecule has 14 heteroatoms. The molecule has 0 bridgehead atoms. The molecule has 4 unspecified atom stereocenters. The minimum atomic E-state index is -1.61. The highest BCUT2D eigenvalue weighted by molar-refractivity contribution is 5.96. The Morgan fingerprint density at radius 3 is 2.05 bits per heavy atom. The summed E-state index contributed by atoms with van der Waals surface area (Å²) < 4.78 is 0. The maximum atomic E-state index is 13.0. The molecule has 1 aromatic heterocycles. The summed E-state index contributed by atoms with van der Waals surface area (Å²) in [5.74, 6) is -6.97. The first kappa shape index (κ1) is 28.8. The standard InChI is InChI=1S/C23H29N5O9/c1-11(24)20(33)27-16(9-19(31)32)22(35)26-15(6-7-18(29)30)21(34)28-17(23(36)37)8-12-10-25-14-5-3-2-4-13(12)14/h2-5,10-11,15-17,25H,6-9,24H2,1H3,(H,26,35)(H,27,33)(H,28,34)(H,29,30)(H,31,32)(H,36,37). The SMILES string of the molecule is CC(N)C(=O)NC(CC(=O)O)C(=O)NC(CCC(=O)O)C(=O)NC(Cc1c[nH]c2ccccc12)C(=O)O. The number of nitrogens with two attached hydrogens (primary N) is 1. The summed E-state index contributed by atoms with van der Waals surface area (Å²) in [5.41, 5.74) is 6.81. The van der Waals surface area contributed by atoms with Crippen molar-refractivity contribution >= 4 is 46.5 Å². The predicted octanol–water partition coefficient (Wildman–Crippen LogP) is -1.06. The fraction of sp³-hybridized carbons (Fsp3) is 0.391. The van der Waals surface area contributed by atoms with E-state index in [0.717, 1.165) is 10.9 Å². The number of rotatable bonds is 14. The lowest BCUT2D eigenvalue weighted by Gasteiger charge is -2.24. The van der Waals surface area contributed by atoms with Crippen LogP contribution in [0.3, 0.4) is 0 Å². The number of para-hydroxylation sites is 1. The molecule has 2 aromatic rings.